The van der Waals surface area contributed by atoms with Gasteiger partial charge in [0.2, 0.25) is 0 Å². The summed E-state index contributed by atoms with van der Waals surface area (Å²) in [5.74, 6) is 0.351. The van der Waals surface area contributed by atoms with Crippen molar-refractivity contribution < 1.29 is 9.90 Å². The quantitative estimate of drug-likeness (QED) is 0.402. The second kappa shape index (κ2) is 13.9. The van der Waals surface area contributed by atoms with Gasteiger partial charge in [-0.1, -0.05) is 24.3 Å². The average molecular weight is 537 g/mol. The van der Waals surface area contributed by atoms with Crippen LogP contribution in [0.15, 0.2) is 65.4 Å². The van der Waals surface area contributed by atoms with E-state index in [1.165, 1.54) is 5.56 Å². The second-order valence-electron chi connectivity index (χ2n) is 8.54. The topological polar surface area (TPSA) is 47.0 Å². The van der Waals surface area contributed by atoms with Gasteiger partial charge in [0, 0.05) is 51.4 Å². The van der Waals surface area contributed by atoms with Crippen LogP contribution >= 0.6 is 36.2 Å². The normalized spacial score (nSPS) is 15.0. The molecule has 8 heteroatoms. The number of phenolic OH excluding ortho intramolecular Hbond substituents is 1. The van der Waals surface area contributed by atoms with Gasteiger partial charge < -0.3 is 10.0 Å². The van der Waals surface area contributed by atoms with Crippen LogP contribution in [0.1, 0.15) is 46.9 Å². The number of hydrogen-bond acceptors (Lipinski definition) is 5. The van der Waals surface area contributed by atoms with E-state index >= 15 is 0 Å². The monoisotopic (exact) mass is 535 g/mol. The number of piperazine rings is 1. The first-order valence-corrected chi connectivity index (χ1v) is 12.7. The van der Waals surface area contributed by atoms with Gasteiger partial charge in [0.15, 0.2) is 0 Å². The van der Waals surface area contributed by atoms with E-state index in [1.807, 2.05) is 43.0 Å². The van der Waals surface area contributed by atoms with E-state index in [0.29, 0.717) is 13.1 Å². The Morgan fingerprint density at radius 2 is 1.66 bits per heavy atom. The van der Waals surface area contributed by atoms with Crippen molar-refractivity contribution in [1.29, 1.82) is 0 Å². The molecule has 0 spiro atoms. The minimum absolute atomic E-state index is 0. The number of carbonyl (C=O) groups excluding carboxylic acids is 1. The Hall–Kier alpha value is -2.09. The van der Waals surface area contributed by atoms with Crippen LogP contribution in [0.4, 0.5) is 0 Å². The third-order valence-electron chi connectivity index (χ3n) is 6.47. The highest BCUT2D eigenvalue weighted by Gasteiger charge is 2.27. The third kappa shape index (κ3) is 7.21. The van der Waals surface area contributed by atoms with Crippen molar-refractivity contribution in [2.75, 3.05) is 39.3 Å². The van der Waals surface area contributed by atoms with Crippen LogP contribution < -0.4 is 0 Å². The molecule has 1 unspecified atom stereocenters. The number of benzene rings is 2. The summed E-state index contributed by atoms with van der Waals surface area (Å²) in [6.45, 7) is 10.3. The molecule has 1 aliphatic rings. The van der Waals surface area contributed by atoms with Crippen molar-refractivity contribution in [2.24, 2.45) is 0 Å². The Morgan fingerprint density at radius 3 is 2.23 bits per heavy atom. The molecule has 1 aliphatic heterocycles. The second-order valence-corrected chi connectivity index (χ2v) is 9.32. The smallest absolute Gasteiger partial charge is 0.253 e. The molecule has 1 atom stereocenters. The maximum Gasteiger partial charge on any atom is 0.253 e. The minimum atomic E-state index is 0. The number of phenols is 1. The summed E-state index contributed by atoms with van der Waals surface area (Å²) >= 11 is 1.75. The van der Waals surface area contributed by atoms with Crippen LogP contribution in [0.2, 0.25) is 0 Å². The Bertz CT molecular complexity index is 1030. The predicted octanol–water partition coefficient (Wildman–Crippen LogP) is 5.69. The zero-order valence-electron chi connectivity index (χ0n) is 20.3. The number of hydrogen-bond donors (Lipinski definition) is 1. The zero-order valence-corrected chi connectivity index (χ0v) is 22.7. The molecule has 1 fully saturated rings. The van der Waals surface area contributed by atoms with Crippen molar-refractivity contribution in [3.05, 3.63) is 87.6 Å². The fraction of sp³-hybridized carbons (Fsp3) is 0.370. The SMILES string of the molecule is CCN(CC)C(=O)c1ccc(C(c2cccc(O)c2)N2CCN(Cc3ccsc3)CC2)cc1.Cl.Cl. The van der Waals surface area contributed by atoms with Crippen LogP contribution in [0.25, 0.3) is 0 Å². The summed E-state index contributed by atoms with van der Waals surface area (Å²) in [6, 6.07) is 17.8. The van der Waals surface area contributed by atoms with E-state index in [2.05, 4.69) is 44.8 Å². The summed E-state index contributed by atoms with van der Waals surface area (Å²) in [7, 11) is 0. The lowest BCUT2D eigenvalue weighted by molar-refractivity contribution is 0.0773. The summed E-state index contributed by atoms with van der Waals surface area (Å²) in [5.41, 5.74) is 4.32. The minimum Gasteiger partial charge on any atom is -0.508 e. The van der Waals surface area contributed by atoms with Crippen LogP contribution in [0, 0.1) is 0 Å². The number of amides is 1. The van der Waals surface area contributed by atoms with Gasteiger partial charge in [-0.05, 0) is 71.6 Å². The maximum atomic E-state index is 12.7. The molecule has 2 heterocycles. The highest BCUT2D eigenvalue weighted by molar-refractivity contribution is 7.07. The fourth-order valence-corrected chi connectivity index (χ4v) is 5.29. The van der Waals surface area contributed by atoms with Crippen LogP contribution in [-0.4, -0.2) is 65.0 Å². The van der Waals surface area contributed by atoms with Gasteiger partial charge in [-0.15, -0.1) is 24.8 Å². The summed E-state index contributed by atoms with van der Waals surface area (Å²) in [4.78, 5) is 19.6. The molecule has 2 aromatic carbocycles. The highest BCUT2D eigenvalue weighted by Crippen LogP contribution is 2.32. The average Bonchev–Trinajstić information content (AvgIpc) is 3.35. The third-order valence-corrected chi connectivity index (χ3v) is 7.20. The molecule has 35 heavy (non-hydrogen) atoms. The first kappa shape index (κ1) is 29.1. The van der Waals surface area contributed by atoms with Gasteiger partial charge in [0.05, 0.1) is 6.04 Å². The lowest BCUT2D eigenvalue weighted by Gasteiger charge is -2.39. The van der Waals surface area contributed by atoms with Crippen LogP contribution in [-0.2, 0) is 6.54 Å². The van der Waals surface area contributed by atoms with Gasteiger partial charge >= 0.3 is 0 Å². The fourth-order valence-electron chi connectivity index (χ4n) is 4.63. The first-order valence-electron chi connectivity index (χ1n) is 11.7. The molecule has 1 amide bonds. The Morgan fingerprint density at radius 1 is 0.971 bits per heavy atom. The largest absolute Gasteiger partial charge is 0.508 e. The molecule has 3 aromatic rings. The Kier molecular flexibility index (Phi) is 11.5. The van der Waals surface area contributed by atoms with Crippen molar-refractivity contribution in [3.63, 3.8) is 0 Å². The summed E-state index contributed by atoms with van der Waals surface area (Å²) < 4.78 is 0. The molecule has 0 radical (unpaired) electrons. The molecule has 5 nitrogen and oxygen atoms in total. The summed E-state index contributed by atoms with van der Waals surface area (Å²) in [5, 5.41) is 14.5. The molecule has 0 saturated carbocycles. The van der Waals surface area contributed by atoms with Gasteiger partial charge in [-0.2, -0.15) is 11.3 Å². The molecule has 1 saturated heterocycles. The van der Waals surface area contributed by atoms with Gasteiger partial charge in [-0.3, -0.25) is 14.6 Å². The first-order chi connectivity index (χ1) is 16.1. The van der Waals surface area contributed by atoms with Crippen molar-refractivity contribution in [3.8, 4) is 5.75 Å². The molecule has 0 bridgehead atoms. The lowest BCUT2D eigenvalue weighted by atomic mass is 9.95. The zero-order chi connectivity index (χ0) is 23.2. The number of rotatable bonds is 8. The number of thiophene rings is 1. The van der Waals surface area contributed by atoms with Gasteiger partial charge in [0.25, 0.3) is 5.91 Å². The Labute approximate surface area is 225 Å². The van der Waals surface area contributed by atoms with E-state index in [-0.39, 0.29) is 42.5 Å². The molecular formula is C27H35Cl2N3O2S. The summed E-state index contributed by atoms with van der Waals surface area (Å²) in [6.07, 6.45) is 0. The number of aromatic hydroxyl groups is 1. The number of halogens is 2. The predicted molar refractivity (Wildman–Crippen MR) is 149 cm³/mol. The van der Waals surface area contributed by atoms with E-state index in [0.717, 1.165) is 49.4 Å². The van der Waals surface area contributed by atoms with Crippen LogP contribution in [0.3, 0.4) is 0 Å². The highest BCUT2D eigenvalue weighted by atomic mass is 35.5. The Balaban J connectivity index is 0.00000216. The van der Waals surface area contributed by atoms with Gasteiger partial charge in [0.1, 0.15) is 5.75 Å². The standard InChI is InChI=1S/C27H33N3O2S.2ClH/c1-3-29(4-2)27(32)23-10-8-22(9-11-23)26(24-6-5-7-25(31)18-24)30-15-13-28(14-16-30)19-21-12-17-33-20-21;;/h5-12,17-18,20,26,31H,3-4,13-16,19H2,1-2H3;2*1H. The van der Waals surface area contributed by atoms with E-state index in [1.54, 1.807) is 17.4 Å². The van der Waals surface area contributed by atoms with Crippen molar-refractivity contribution in [2.45, 2.75) is 26.4 Å². The van der Waals surface area contributed by atoms with E-state index in [9.17, 15) is 9.90 Å². The molecule has 0 aliphatic carbocycles. The molecule has 1 N–H and O–H groups in total. The van der Waals surface area contributed by atoms with Crippen molar-refractivity contribution >= 4 is 42.1 Å². The molecule has 4 rings (SSSR count). The van der Waals surface area contributed by atoms with E-state index < -0.39 is 0 Å². The molecule has 1 aromatic heterocycles. The van der Waals surface area contributed by atoms with Gasteiger partial charge in [-0.25, -0.2) is 0 Å². The number of carbonyl (C=O) groups is 1. The molecular weight excluding hydrogens is 501 g/mol. The number of nitrogens with zero attached hydrogens (tertiary/aromatic N) is 3. The van der Waals surface area contributed by atoms with Crippen molar-refractivity contribution in [1.82, 2.24) is 14.7 Å². The lowest BCUT2D eigenvalue weighted by Crippen LogP contribution is -2.47. The molecule has 190 valence electrons. The van der Waals surface area contributed by atoms with Crippen LogP contribution in [0.5, 0.6) is 5.75 Å². The maximum absolute atomic E-state index is 12.7. The van der Waals surface area contributed by atoms with E-state index in [4.69, 9.17) is 0 Å².